The maximum Gasteiger partial charge on any atom is 0.326 e. The minimum Gasteiger partial charge on any atom is -0.480 e. The highest BCUT2D eigenvalue weighted by atomic mass is 16.4. The first kappa shape index (κ1) is 14.0. The van der Waals surface area contributed by atoms with Gasteiger partial charge in [0.05, 0.1) is 0 Å². The molecule has 1 saturated heterocycles. The Balaban J connectivity index is 1.92. The van der Waals surface area contributed by atoms with Crippen LogP contribution < -0.4 is 0 Å². The van der Waals surface area contributed by atoms with Crippen LogP contribution in [-0.2, 0) is 4.79 Å². The number of carboxylic acids is 1. The zero-order valence-electron chi connectivity index (χ0n) is 12.0. The average Bonchev–Trinajstić information content (AvgIpc) is 2.86. The topological polar surface area (TPSA) is 83.4 Å². The molecule has 3 rings (SSSR count). The lowest BCUT2D eigenvalue weighted by molar-refractivity contribution is -0.141. The number of likely N-dealkylation sites (tertiary alicyclic amines) is 1. The molecular formula is C15H19N3O3. The standard InChI is InChI=1S/C15H19N3O3/c1-9-16-7-6-11(17-9)14(19)18-12-5-3-2-4-10(12)8-13(18)15(20)21/h6-7,10,12-13H,2-5,8H2,1H3,(H,20,21)/t10-,12+,13-/m0/s1. The van der Waals surface area contributed by atoms with Crippen molar-refractivity contribution in [2.75, 3.05) is 0 Å². The average molecular weight is 289 g/mol. The zero-order chi connectivity index (χ0) is 15.0. The summed E-state index contributed by atoms with van der Waals surface area (Å²) >= 11 is 0. The van der Waals surface area contributed by atoms with Crippen molar-refractivity contribution >= 4 is 11.9 Å². The second-order valence-electron chi connectivity index (χ2n) is 5.90. The maximum absolute atomic E-state index is 12.7. The fraction of sp³-hybridized carbons (Fsp3) is 0.600. The van der Waals surface area contributed by atoms with E-state index in [1.807, 2.05) is 0 Å². The van der Waals surface area contributed by atoms with Gasteiger partial charge in [-0.3, -0.25) is 4.79 Å². The summed E-state index contributed by atoms with van der Waals surface area (Å²) in [4.78, 5) is 34.0. The molecular weight excluding hydrogens is 270 g/mol. The number of carbonyl (C=O) groups is 2. The Kier molecular flexibility index (Phi) is 3.61. The van der Waals surface area contributed by atoms with Crippen molar-refractivity contribution in [1.82, 2.24) is 14.9 Å². The third-order valence-corrected chi connectivity index (χ3v) is 4.60. The van der Waals surface area contributed by atoms with Crippen molar-refractivity contribution in [2.45, 2.75) is 51.1 Å². The largest absolute Gasteiger partial charge is 0.480 e. The molecule has 0 spiro atoms. The smallest absolute Gasteiger partial charge is 0.326 e. The molecule has 6 heteroatoms. The molecule has 6 nitrogen and oxygen atoms in total. The molecule has 3 atom stereocenters. The van der Waals surface area contributed by atoms with Gasteiger partial charge >= 0.3 is 5.97 Å². The highest BCUT2D eigenvalue weighted by Crippen LogP contribution is 2.40. The van der Waals surface area contributed by atoms with E-state index < -0.39 is 12.0 Å². The summed E-state index contributed by atoms with van der Waals surface area (Å²) in [6, 6.07) is 0.883. The van der Waals surface area contributed by atoms with E-state index in [0.717, 1.165) is 25.7 Å². The first-order valence-electron chi connectivity index (χ1n) is 7.43. The van der Waals surface area contributed by atoms with Crippen LogP contribution in [0, 0.1) is 12.8 Å². The highest BCUT2D eigenvalue weighted by molar-refractivity contribution is 5.95. The Morgan fingerprint density at radius 1 is 1.33 bits per heavy atom. The third-order valence-electron chi connectivity index (χ3n) is 4.60. The summed E-state index contributed by atoms with van der Waals surface area (Å²) in [6.45, 7) is 1.72. The fourth-order valence-electron chi connectivity index (χ4n) is 3.68. The van der Waals surface area contributed by atoms with Gasteiger partial charge in [0, 0.05) is 12.2 Å². The van der Waals surface area contributed by atoms with Crippen molar-refractivity contribution in [3.05, 3.63) is 23.8 Å². The van der Waals surface area contributed by atoms with Gasteiger partial charge in [-0.1, -0.05) is 12.8 Å². The van der Waals surface area contributed by atoms with Gasteiger partial charge in [0.25, 0.3) is 5.91 Å². The number of amides is 1. The molecule has 0 radical (unpaired) electrons. The summed E-state index contributed by atoms with van der Waals surface area (Å²) in [5.41, 5.74) is 0.292. The van der Waals surface area contributed by atoms with Gasteiger partial charge in [-0.25, -0.2) is 14.8 Å². The van der Waals surface area contributed by atoms with E-state index in [2.05, 4.69) is 9.97 Å². The van der Waals surface area contributed by atoms with E-state index in [4.69, 9.17) is 0 Å². The van der Waals surface area contributed by atoms with E-state index in [0.29, 0.717) is 23.9 Å². The molecule has 0 bridgehead atoms. The minimum absolute atomic E-state index is 0.0441. The van der Waals surface area contributed by atoms with Crippen LogP contribution in [0.4, 0.5) is 0 Å². The molecule has 2 fully saturated rings. The minimum atomic E-state index is -0.913. The normalized spacial score (nSPS) is 28.2. The predicted octanol–water partition coefficient (Wildman–Crippen LogP) is 1.64. The molecule has 21 heavy (non-hydrogen) atoms. The van der Waals surface area contributed by atoms with Gasteiger partial charge in [-0.2, -0.15) is 0 Å². The molecule has 1 aromatic heterocycles. The summed E-state index contributed by atoms with van der Waals surface area (Å²) in [6.07, 6.45) is 6.20. The molecule has 1 N–H and O–H groups in total. The Morgan fingerprint density at radius 3 is 2.81 bits per heavy atom. The number of aryl methyl sites for hydroxylation is 1. The number of hydrogen-bond acceptors (Lipinski definition) is 4. The van der Waals surface area contributed by atoms with Crippen LogP contribution in [0.3, 0.4) is 0 Å². The molecule has 0 unspecified atom stereocenters. The molecule has 1 aliphatic carbocycles. The van der Waals surface area contributed by atoms with Crippen LogP contribution in [-0.4, -0.2) is 43.9 Å². The predicted molar refractivity (Wildman–Crippen MR) is 74.7 cm³/mol. The number of aromatic nitrogens is 2. The molecule has 1 saturated carbocycles. The molecule has 1 aliphatic heterocycles. The molecule has 2 aliphatic rings. The van der Waals surface area contributed by atoms with Gasteiger partial charge in [0.15, 0.2) is 0 Å². The number of hydrogen-bond donors (Lipinski definition) is 1. The maximum atomic E-state index is 12.7. The van der Waals surface area contributed by atoms with Crippen molar-refractivity contribution < 1.29 is 14.7 Å². The Bertz CT molecular complexity index is 575. The van der Waals surface area contributed by atoms with Crippen LogP contribution in [0.1, 0.15) is 48.4 Å². The molecule has 1 amide bonds. The van der Waals surface area contributed by atoms with E-state index in [9.17, 15) is 14.7 Å². The summed E-state index contributed by atoms with van der Waals surface area (Å²) in [5.74, 6) is -0.357. The van der Waals surface area contributed by atoms with Crippen molar-refractivity contribution in [3.8, 4) is 0 Å². The summed E-state index contributed by atoms with van der Waals surface area (Å²) in [7, 11) is 0. The number of rotatable bonds is 2. The van der Waals surface area contributed by atoms with Crippen LogP contribution in [0.2, 0.25) is 0 Å². The van der Waals surface area contributed by atoms with Crippen LogP contribution >= 0.6 is 0 Å². The molecule has 112 valence electrons. The first-order valence-corrected chi connectivity index (χ1v) is 7.43. The lowest BCUT2D eigenvalue weighted by Gasteiger charge is -2.32. The van der Waals surface area contributed by atoms with E-state index in [-0.39, 0.29) is 11.9 Å². The van der Waals surface area contributed by atoms with Crippen molar-refractivity contribution in [1.29, 1.82) is 0 Å². The molecule has 2 heterocycles. The number of fused-ring (bicyclic) bond motifs is 1. The van der Waals surface area contributed by atoms with E-state index >= 15 is 0 Å². The number of carboxylic acid groups (broad SMARTS) is 1. The Morgan fingerprint density at radius 2 is 2.10 bits per heavy atom. The van der Waals surface area contributed by atoms with Crippen molar-refractivity contribution in [3.63, 3.8) is 0 Å². The SMILES string of the molecule is Cc1nccc(C(=O)N2[C@@H]3CCCC[C@H]3C[C@H]2C(=O)O)n1. The third kappa shape index (κ3) is 2.50. The fourth-order valence-corrected chi connectivity index (χ4v) is 3.68. The monoisotopic (exact) mass is 289 g/mol. The number of carbonyl (C=O) groups excluding carboxylic acids is 1. The highest BCUT2D eigenvalue weighted by Gasteiger charge is 2.47. The number of aliphatic carboxylic acids is 1. The van der Waals surface area contributed by atoms with E-state index in [1.165, 1.54) is 0 Å². The molecule has 1 aromatic rings. The second kappa shape index (κ2) is 5.42. The zero-order valence-corrected chi connectivity index (χ0v) is 12.0. The Labute approximate surface area is 123 Å². The summed E-state index contributed by atoms with van der Waals surface area (Å²) < 4.78 is 0. The molecule has 0 aromatic carbocycles. The van der Waals surface area contributed by atoms with Gasteiger partial charge < -0.3 is 10.0 Å². The van der Waals surface area contributed by atoms with Crippen LogP contribution in [0.15, 0.2) is 12.3 Å². The second-order valence-corrected chi connectivity index (χ2v) is 5.90. The van der Waals surface area contributed by atoms with Gasteiger partial charge in [0.2, 0.25) is 0 Å². The van der Waals surface area contributed by atoms with Gasteiger partial charge in [-0.15, -0.1) is 0 Å². The van der Waals surface area contributed by atoms with E-state index in [1.54, 1.807) is 24.1 Å². The quantitative estimate of drug-likeness (QED) is 0.895. The van der Waals surface area contributed by atoms with Gasteiger partial charge in [-0.05, 0) is 38.2 Å². The first-order chi connectivity index (χ1) is 10.1. The lowest BCUT2D eigenvalue weighted by atomic mass is 9.84. The van der Waals surface area contributed by atoms with Crippen molar-refractivity contribution in [2.24, 2.45) is 5.92 Å². The van der Waals surface area contributed by atoms with Crippen LogP contribution in [0.25, 0.3) is 0 Å². The summed E-state index contributed by atoms with van der Waals surface area (Å²) in [5, 5.41) is 9.45. The Hall–Kier alpha value is -1.98. The number of nitrogens with zero attached hydrogens (tertiary/aromatic N) is 3. The lowest BCUT2D eigenvalue weighted by Crippen LogP contribution is -2.46. The van der Waals surface area contributed by atoms with Gasteiger partial charge in [0.1, 0.15) is 17.6 Å². The van der Waals surface area contributed by atoms with Crippen LogP contribution in [0.5, 0.6) is 0 Å².